The van der Waals surface area contributed by atoms with E-state index >= 15 is 0 Å². The molecule has 0 bridgehead atoms. The van der Waals surface area contributed by atoms with Crippen LogP contribution in [0.5, 0.6) is 0 Å². The van der Waals surface area contributed by atoms with Crippen molar-refractivity contribution in [2.45, 2.75) is 38.3 Å². The quantitative estimate of drug-likeness (QED) is 0.483. The first-order valence-electron chi connectivity index (χ1n) is 11.3. The molecule has 1 atom stereocenters. The fourth-order valence-corrected chi connectivity index (χ4v) is 4.81. The summed E-state index contributed by atoms with van der Waals surface area (Å²) in [5.74, 6) is 1.38. The third kappa shape index (κ3) is 3.37. The Morgan fingerprint density at radius 3 is 2.94 bits per heavy atom. The minimum absolute atomic E-state index is 0.147. The third-order valence-corrected chi connectivity index (χ3v) is 6.76. The van der Waals surface area contributed by atoms with Crippen LogP contribution >= 0.6 is 0 Å². The highest BCUT2D eigenvalue weighted by atomic mass is 15.3. The number of hydrogen-bond acceptors (Lipinski definition) is 5. The fourth-order valence-electron chi connectivity index (χ4n) is 4.81. The van der Waals surface area contributed by atoms with Crippen molar-refractivity contribution in [2.75, 3.05) is 13.6 Å². The van der Waals surface area contributed by atoms with E-state index < -0.39 is 0 Å². The van der Waals surface area contributed by atoms with Gasteiger partial charge in [-0.2, -0.15) is 10.4 Å². The van der Waals surface area contributed by atoms with E-state index in [-0.39, 0.29) is 6.04 Å². The maximum atomic E-state index is 9.25. The monoisotopic (exact) mass is 423 g/mol. The lowest BCUT2D eigenvalue weighted by molar-refractivity contribution is 0.313. The number of imidazole rings is 1. The molecule has 4 aromatic rings. The van der Waals surface area contributed by atoms with Gasteiger partial charge in [0.25, 0.3) is 0 Å². The van der Waals surface area contributed by atoms with Crippen LogP contribution in [0, 0.1) is 17.2 Å². The van der Waals surface area contributed by atoms with Gasteiger partial charge < -0.3 is 4.90 Å². The topological polar surface area (TPSA) is 75.0 Å². The second kappa shape index (κ2) is 7.57. The Morgan fingerprint density at radius 1 is 1.19 bits per heavy atom. The molecule has 0 amide bonds. The highest BCUT2D eigenvalue weighted by molar-refractivity contribution is 5.69. The molecule has 2 aliphatic rings. The van der Waals surface area contributed by atoms with Crippen molar-refractivity contribution in [1.29, 1.82) is 5.26 Å². The number of likely N-dealkylation sites (N-methyl/N-ethyl adjacent to an activating group) is 1. The molecule has 7 heteroatoms. The standard InChI is InChI=1S/C25H25N7/c1-30-10-7-18-12-19(4-5-20(18)15-30)22-13-24-27-9-11-31(24)25(29-22)21-14-28-32(16-21)23(6-8-26)17-2-3-17/h4-5,9,11-14,16-17,23H,2-3,6-7,10,15H2,1H3. The molecule has 3 aromatic heterocycles. The molecule has 1 saturated carbocycles. The summed E-state index contributed by atoms with van der Waals surface area (Å²) in [4.78, 5) is 11.9. The highest BCUT2D eigenvalue weighted by Crippen LogP contribution is 2.41. The number of hydrogen-bond donors (Lipinski definition) is 0. The Bertz CT molecular complexity index is 1340. The molecule has 7 nitrogen and oxygen atoms in total. The third-order valence-electron chi connectivity index (χ3n) is 6.76. The summed E-state index contributed by atoms with van der Waals surface area (Å²) in [6, 6.07) is 11.2. The van der Waals surface area contributed by atoms with Crippen molar-refractivity contribution in [3.05, 3.63) is 60.2 Å². The minimum Gasteiger partial charge on any atom is -0.302 e. The number of aromatic nitrogens is 5. The molecule has 1 aliphatic heterocycles. The van der Waals surface area contributed by atoms with Crippen LogP contribution in [-0.2, 0) is 13.0 Å². The molecule has 1 unspecified atom stereocenters. The molecule has 160 valence electrons. The predicted octanol–water partition coefficient (Wildman–Crippen LogP) is 4.11. The van der Waals surface area contributed by atoms with E-state index in [0.29, 0.717) is 12.3 Å². The van der Waals surface area contributed by atoms with Gasteiger partial charge in [-0.1, -0.05) is 12.1 Å². The Labute approximate surface area is 187 Å². The normalized spacial score (nSPS) is 17.2. The van der Waals surface area contributed by atoms with Gasteiger partial charge in [0.1, 0.15) is 11.5 Å². The Kier molecular flexibility index (Phi) is 4.54. The van der Waals surface area contributed by atoms with Crippen LogP contribution in [0.15, 0.2) is 49.1 Å². The molecule has 32 heavy (non-hydrogen) atoms. The van der Waals surface area contributed by atoms with Gasteiger partial charge in [0.05, 0.1) is 36.0 Å². The van der Waals surface area contributed by atoms with Gasteiger partial charge in [0.15, 0.2) is 0 Å². The Hall–Kier alpha value is -3.50. The van der Waals surface area contributed by atoms with Crippen LogP contribution in [0.25, 0.3) is 28.3 Å². The highest BCUT2D eigenvalue weighted by Gasteiger charge is 2.33. The Balaban J connectivity index is 1.41. The smallest absolute Gasteiger partial charge is 0.149 e. The maximum absolute atomic E-state index is 9.25. The zero-order valence-electron chi connectivity index (χ0n) is 18.1. The second-order valence-electron chi connectivity index (χ2n) is 9.07. The zero-order chi connectivity index (χ0) is 21.7. The number of nitriles is 1. The summed E-state index contributed by atoms with van der Waals surface area (Å²) in [6.45, 7) is 2.08. The van der Waals surface area contributed by atoms with Crippen molar-refractivity contribution < 1.29 is 0 Å². The molecule has 0 radical (unpaired) electrons. The predicted molar refractivity (Wildman–Crippen MR) is 122 cm³/mol. The minimum atomic E-state index is 0.147. The first-order chi connectivity index (χ1) is 15.7. The fraction of sp³-hybridized carbons (Fsp3) is 0.360. The van der Waals surface area contributed by atoms with Crippen molar-refractivity contribution in [1.82, 2.24) is 29.0 Å². The van der Waals surface area contributed by atoms with Gasteiger partial charge in [0, 0.05) is 43.3 Å². The first kappa shape index (κ1) is 19.2. The number of rotatable bonds is 5. The number of benzene rings is 1. The van der Waals surface area contributed by atoms with E-state index in [1.54, 1.807) is 6.20 Å². The van der Waals surface area contributed by atoms with Crippen LogP contribution in [0.2, 0.25) is 0 Å². The zero-order valence-corrected chi connectivity index (χ0v) is 18.1. The van der Waals surface area contributed by atoms with Gasteiger partial charge in [-0.05, 0) is 49.4 Å². The number of fused-ring (bicyclic) bond motifs is 2. The van der Waals surface area contributed by atoms with Gasteiger partial charge in [-0.3, -0.25) is 9.08 Å². The lowest BCUT2D eigenvalue weighted by atomic mass is 9.96. The SMILES string of the molecule is CN1CCc2cc(-c3cc4nccn4c(-c4cnn(C(CC#N)C5CC5)c4)n3)ccc2C1. The molecule has 1 aliphatic carbocycles. The molecule has 0 saturated heterocycles. The van der Waals surface area contributed by atoms with Crippen LogP contribution in [0.4, 0.5) is 0 Å². The van der Waals surface area contributed by atoms with Crippen molar-refractivity contribution in [3.8, 4) is 28.7 Å². The average molecular weight is 424 g/mol. The van der Waals surface area contributed by atoms with Crippen molar-refractivity contribution in [3.63, 3.8) is 0 Å². The van der Waals surface area contributed by atoms with Crippen LogP contribution in [0.3, 0.4) is 0 Å². The lowest BCUT2D eigenvalue weighted by Crippen LogP contribution is -2.26. The molecule has 0 N–H and O–H groups in total. The van der Waals surface area contributed by atoms with Crippen molar-refractivity contribution in [2.24, 2.45) is 5.92 Å². The summed E-state index contributed by atoms with van der Waals surface area (Å²) >= 11 is 0. The number of nitrogens with zero attached hydrogens (tertiary/aromatic N) is 7. The second-order valence-corrected chi connectivity index (χ2v) is 9.07. The molecule has 1 fully saturated rings. The van der Waals surface area contributed by atoms with E-state index in [2.05, 4.69) is 46.3 Å². The van der Waals surface area contributed by atoms with Crippen LogP contribution in [-0.4, -0.2) is 42.6 Å². The molecular weight excluding hydrogens is 398 g/mol. The van der Waals surface area contributed by atoms with Gasteiger partial charge >= 0.3 is 0 Å². The Morgan fingerprint density at radius 2 is 2.09 bits per heavy atom. The molecular formula is C25H25N7. The summed E-state index contributed by atoms with van der Waals surface area (Å²) < 4.78 is 3.97. The molecule has 4 heterocycles. The van der Waals surface area contributed by atoms with Crippen LogP contribution in [0.1, 0.15) is 36.4 Å². The van der Waals surface area contributed by atoms with Crippen molar-refractivity contribution >= 4 is 5.65 Å². The van der Waals surface area contributed by atoms with Gasteiger partial charge in [-0.25, -0.2) is 9.97 Å². The summed E-state index contributed by atoms with van der Waals surface area (Å²) in [5, 5.41) is 13.9. The van der Waals surface area contributed by atoms with E-state index in [1.807, 2.05) is 33.7 Å². The van der Waals surface area contributed by atoms with E-state index in [4.69, 9.17) is 4.98 Å². The average Bonchev–Trinajstić information content (AvgIpc) is 3.32. The van der Waals surface area contributed by atoms with E-state index in [1.165, 1.54) is 24.0 Å². The van der Waals surface area contributed by atoms with Gasteiger partial charge in [-0.15, -0.1) is 0 Å². The van der Waals surface area contributed by atoms with E-state index in [9.17, 15) is 5.26 Å². The van der Waals surface area contributed by atoms with Crippen LogP contribution < -0.4 is 0 Å². The van der Waals surface area contributed by atoms with E-state index in [0.717, 1.165) is 47.8 Å². The summed E-state index contributed by atoms with van der Waals surface area (Å²) in [6.07, 6.45) is 11.5. The summed E-state index contributed by atoms with van der Waals surface area (Å²) in [5.41, 5.74) is 6.65. The molecule has 1 aromatic carbocycles. The lowest BCUT2D eigenvalue weighted by Gasteiger charge is -2.25. The first-order valence-corrected chi connectivity index (χ1v) is 11.3. The molecule has 6 rings (SSSR count). The summed E-state index contributed by atoms with van der Waals surface area (Å²) in [7, 11) is 2.17. The molecule has 0 spiro atoms. The maximum Gasteiger partial charge on any atom is 0.149 e. The largest absolute Gasteiger partial charge is 0.302 e. The van der Waals surface area contributed by atoms with Gasteiger partial charge in [0.2, 0.25) is 0 Å².